The molecule has 1 aromatic rings. The minimum Gasteiger partial charge on any atom is -0.502 e. The van der Waals surface area contributed by atoms with Crippen LogP contribution in [0.15, 0.2) is 12.1 Å². The Hall–Kier alpha value is -1.83. The van der Waals surface area contributed by atoms with Crippen molar-refractivity contribution in [2.24, 2.45) is 5.92 Å². The van der Waals surface area contributed by atoms with Crippen LogP contribution in [0.5, 0.6) is 5.75 Å². The van der Waals surface area contributed by atoms with Gasteiger partial charge in [-0.15, -0.1) is 0 Å². The standard InChI is InChI=1S/C14H17F3N2O3/c1-9-3-2-4-18(7-9)8-10-5-11(14(15,16)17)13(20)12(6-10)19(21)22/h5-6,9,20H,2-4,7-8H2,1H3/t9-/m0/s1. The maximum absolute atomic E-state index is 12.9. The summed E-state index contributed by atoms with van der Waals surface area (Å²) in [6, 6.07) is 1.81. The first-order chi connectivity index (χ1) is 10.2. The monoisotopic (exact) mass is 318 g/mol. The predicted octanol–water partition coefficient (Wildman–Crippen LogP) is 3.55. The minimum absolute atomic E-state index is 0.186. The van der Waals surface area contributed by atoms with Gasteiger partial charge in [-0.25, -0.2) is 0 Å². The van der Waals surface area contributed by atoms with E-state index in [1.54, 1.807) is 0 Å². The molecule has 0 bridgehead atoms. The predicted molar refractivity (Wildman–Crippen MR) is 73.4 cm³/mol. The summed E-state index contributed by atoms with van der Waals surface area (Å²) in [5, 5.41) is 20.4. The van der Waals surface area contributed by atoms with Crippen molar-refractivity contribution in [3.8, 4) is 5.75 Å². The molecule has 0 spiro atoms. The fourth-order valence-corrected chi connectivity index (χ4v) is 2.81. The van der Waals surface area contributed by atoms with E-state index in [0.29, 0.717) is 5.92 Å². The zero-order valence-corrected chi connectivity index (χ0v) is 12.1. The molecule has 1 aliphatic rings. The minimum atomic E-state index is -4.83. The number of nitro benzene ring substituents is 1. The zero-order valence-electron chi connectivity index (χ0n) is 12.1. The van der Waals surface area contributed by atoms with E-state index >= 15 is 0 Å². The quantitative estimate of drug-likeness (QED) is 0.683. The number of rotatable bonds is 3. The number of nitro groups is 1. The Bertz CT molecular complexity index is 575. The molecule has 1 atom stereocenters. The van der Waals surface area contributed by atoms with Gasteiger partial charge in [0, 0.05) is 19.2 Å². The molecule has 0 unspecified atom stereocenters. The third-order valence-corrected chi connectivity index (χ3v) is 3.80. The van der Waals surface area contributed by atoms with Crippen molar-refractivity contribution in [1.29, 1.82) is 0 Å². The summed E-state index contributed by atoms with van der Waals surface area (Å²) in [6.07, 6.45) is -2.81. The van der Waals surface area contributed by atoms with Crippen LogP contribution >= 0.6 is 0 Å². The number of nitrogens with zero attached hydrogens (tertiary/aromatic N) is 2. The van der Waals surface area contributed by atoms with Crippen molar-refractivity contribution < 1.29 is 23.2 Å². The van der Waals surface area contributed by atoms with Crippen molar-refractivity contribution in [3.05, 3.63) is 33.4 Å². The molecule has 2 rings (SSSR count). The summed E-state index contributed by atoms with van der Waals surface area (Å²) in [5.41, 5.74) is -2.08. The number of alkyl halides is 3. The van der Waals surface area contributed by atoms with Gasteiger partial charge < -0.3 is 5.11 Å². The fourth-order valence-electron chi connectivity index (χ4n) is 2.81. The Morgan fingerprint density at radius 3 is 2.68 bits per heavy atom. The van der Waals surface area contributed by atoms with Gasteiger partial charge in [0.15, 0.2) is 0 Å². The number of hydrogen-bond donors (Lipinski definition) is 1. The van der Waals surface area contributed by atoms with Crippen molar-refractivity contribution in [1.82, 2.24) is 4.90 Å². The number of hydrogen-bond acceptors (Lipinski definition) is 4. The average Bonchev–Trinajstić information content (AvgIpc) is 2.39. The van der Waals surface area contributed by atoms with Crippen molar-refractivity contribution >= 4 is 5.69 Å². The highest BCUT2D eigenvalue weighted by molar-refractivity contribution is 5.54. The highest BCUT2D eigenvalue weighted by atomic mass is 19.4. The number of benzene rings is 1. The van der Waals surface area contributed by atoms with Crippen LogP contribution in [0.1, 0.15) is 30.9 Å². The fraction of sp³-hybridized carbons (Fsp3) is 0.571. The molecular weight excluding hydrogens is 301 g/mol. The molecule has 8 heteroatoms. The average molecular weight is 318 g/mol. The second kappa shape index (κ2) is 6.12. The molecule has 0 amide bonds. The van der Waals surface area contributed by atoms with Crippen LogP contribution in [0.3, 0.4) is 0 Å². The Labute approximate surface area is 125 Å². The number of phenolic OH excluding ortho intramolecular Hbond substituents is 1. The molecule has 0 saturated carbocycles. The number of piperidine rings is 1. The first-order valence-electron chi connectivity index (χ1n) is 6.98. The van der Waals surface area contributed by atoms with Gasteiger partial charge in [-0.3, -0.25) is 15.0 Å². The van der Waals surface area contributed by atoms with Gasteiger partial charge in [0.1, 0.15) is 5.56 Å². The van der Waals surface area contributed by atoms with E-state index in [1.165, 1.54) is 0 Å². The first-order valence-corrected chi connectivity index (χ1v) is 6.98. The third kappa shape index (κ3) is 3.68. The van der Waals surface area contributed by atoms with Crippen LogP contribution < -0.4 is 0 Å². The van der Waals surface area contributed by atoms with E-state index in [2.05, 4.69) is 6.92 Å². The van der Waals surface area contributed by atoms with E-state index in [4.69, 9.17) is 0 Å². The molecule has 122 valence electrons. The van der Waals surface area contributed by atoms with E-state index in [1.807, 2.05) is 4.90 Å². The van der Waals surface area contributed by atoms with Crippen LogP contribution in [-0.2, 0) is 12.7 Å². The van der Waals surface area contributed by atoms with E-state index < -0.39 is 28.1 Å². The summed E-state index contributed by atoms with van der Waals surface area (Å²) < 4.78 is 38.7. The molecule has 1 aliphatic heterocycles. The zero-order chi connectivity index (χ0) is 16.5. The summed E-state index contributed by atoms with van der Waals surface area (Å²) in [7, 11) is 0. The Morgan fingerprint density at radius 1 is 1.45 bits per heavy atom. The normalized spacial score (nSPS) is 20.1. The highest BCUT2D eigenvalue weighted by Gasteiger charge is 2.38. The molecule has 0 aliphatic carbocycles. The molecule has 1 fully saturated rings. The maximum Gasteiger partial charge on any atom is 0.420 e. The molecular formula is C14H17F3N2O3. The third-order valence-electron chi connectivity index (χ3n) is 3.80. The number of halogens is 3. The molecule has 5 nitrogen and oxygen atoms in total. The number of likely N-dealkylation sites (tertiary alicyclic amines) is 1. The van der Waals surface area contributed by atoms with E-state index in [9.17, 15) is 28.4 Å². The van der Waals surface area contributed by atoms with Gasteiger partial charge in [0.25, 0.3) is 0 Å². The maximum atomic E-state index is 12.9. The lowest BCUT2D eigenvalue weighted by Crippen LogP contribution is -2.33. The second-order valence-electron chi connectivity index (χ2n) is 5.75. The Morgan fingerprint density at radius 2 is 2.14 bits per heavy atom. The lowest BCUT2D eigenvalue weighted by atomic mass is 9.99. The molecule has 1 heterocycles. The molecule has 1 aromatic carbocycles. The summed E-state index contributed by atoms with van der Waals surface area (Å²) >= 11 is 0. The lowest BCUT2D eigenvalue weighted by Gasteiger charge is -2.30. The molecule has 1 N–H and O–H groups in total. The van der Waals surface area contributed by atoms with Crippen LogP contribution in [-0.4, -0.2) is 28.0 Å². The molecule has 0 aromatic heterocycles. The highest BCUT2D eigenvalue weighted by Crippen LogP contribution is 2.41. The lowest BCUT2D eigenvalue weighted by molar-refractivity contribution is -0.386. The molecule has 0 radical (unpaired) electrons. The molecule has 22 heavy (non-hydrogen) atoms. The van der Waals surface area contributed by atoms with Gasteiger partial charge in [0.2, 0.25) is 5.75 Å². The first kappa shape index (κ1) is 16.5. The topological polar surface area (TPSA) is 66.6 Å². The van der Waals surface area contributed by atoms with Crippen LogP contribution in [0.25, 0.3) is 0 Å². The van der Waals surface area contributed by atoms with Gasteiger partial charge in [-0.1, -0.05) is 6.92 Å². The Balaban J connectivity index is 2.35. The summed E-state index contributed by atoms with van der Waals surface area (Å²) in [5.74, 6) is -0.879. The Kier molecular flexibility index (Phi) is 4.60. The number of aromatic hydroxyl groups is 1. The SMILES string of the molecule is C[C@H]1CCCN(Cc2cc([N+](=O)[O-])c(O)c(C(F)(F)F)c2)C1. The van der Waals surface area contributed by atoms with Gasteiger partial charge in [-0.05, 0) is 36.9 Å². The van der Waals surface area contributed by atoms with Crippen LogP contribution in [0, 0.1) is 16.0 Å². The summed E-state index contributed by atoms with van der Waals surface area (Å²) in [4.78, 5) is 11.8. The van der Waals surface area contributed by atoms with Crippen molar-refractivity contribution in [3.63, 3.8) is 0 Å². The van der Waals surface area contributed by atoms with Crippen LogP contribution in [0.2, 0.25) is 0 Å². The molecule has 1 saturated heterocycles. The van der Waals surface area contributed by atoms with E-state index in [0.717, 1.165) is 38.1 Å². The van der Waals surface area contributed by atoms with Gasteiger partial charge in [-0.2, -0.15) is 13.2 Å². The summed E-state index contributed by atoms with van der Waals surface area (Å²) in [6.45, 7) is 3.76. The smallest absolute Gasteiger partial charge is 0.420 e. The second-order valence-corrected chi connectivity index (χ2v) is 5.75. The van der Waals surface area contributed by atoms with Crippen molar-refractivity contribution in [2.45, 2.75) is 32.5 Å². The van der Waals surface area contributed by atoms with Crippen LogP contribution in [0.4, 0.5) is 18.9 Å². The van der Waals surface area contributed by atoms with Gasteiger partial charge >= 0.3 is 11.9 Å². The van der Waals surface area contributed by atoms with E-state index in [-0.39, 0.29) is 12.1 Å². The largest absolute Gasteiger partial charge is 0.502 e. The van der Waals surface area contributed by atoms with Crippen molar-refractivity contribution in [2.75, 3.05) is 13.1 Å². The van der Waals surface area contributed by atoms with Gasteiger partial charge in [0.05, 0.1) is 4.92 Å². The number of phenols is 1.